The SMILES string of the molecule is CC(C)C1CC2C(c3ccccc3)=CC=NC2C1[Si](C)(C)N1CCNCC1. The predicted octanol–water partition coefficient (Wildman–Crippen LogP) is 4.30. The van der Waals surface area contributed by atoms with Crippen LogP contribution in [-0.4, -0.2) is 51.2 Å². The lowest BCUT2D eigenvalue weighted by atomic mass is 9.86. The lowest BCUT2D eigenvalue weighted by Gasteiger charge is -2.47. The van der Waals surface area contributed by atoms with Gasteiger partial charge in [0.1, 0.15) is 8.24 Å². The molecule has 2 fully saturated rings. The highest BCUT2D eigenvalue weighted by Gasteiger charge is 2.55. The van der Waals surface area contributed by atoms with Crippen LogP contribution in [0.3, 0.4) is 0 Å². The smallest absolute Gasteiger partial charge is 0.127 e. The summed E-state index contributed by atoms with van der Waals surface area (Å²) in [4.78, 5) is 5.13. The lowest BCUT2D eigenvalue weighted by Crippen LogP contribution is -2.61. The van der Waals surface area contributed by atoms with E-state index < -0.39 is 8.24 Å². The molecule has 0 amide bonds. The quantitative estimate of drug-likeness (QED) is 0.788. The van der Waals surface area contributed by atoms with Gasteiger partial charge >= 0.3 is 0 Å². The van der Waals surface area contributed by atoms with E-state index in [0.717, 1.165) is 30.5 Å². The number of aliphatic imine (C=N–C) groups is 1. The first-order chi connectivity index (χ1) is 13.0. The number of nitrogens with one attached hydrogen (secondary N) is 1. The van der Waals surface area contributed by atoms with Crippen LogP contribution in [0.4, 0.5) is 0 Å². The predicted molar refractivity (Wildman–Crippen MR) is 119 cm³/mol. The Balaban J connectivity index is 1.68. The summed E-state index contributed by atoms with van der Waals surface area (Å²) in [6.45, 7) is 14.8. The second-order valence-corrected chi connectivity index (χ2v) is 14.0. The summed E-state index contributed by atoms with van der Waals surface area (Å²) in [7, 11) is -1.58. The fourth-order valence-electron chi connectivity index (χ4n) is 5.96. The van der Waals surface area contributed by atoms with Crippen molar-refractivity contribution in [2.24, 2.45) is 22.7 Å². The third kappa shape index (κ3) is 3.48. The molecule has 1 N–H and O–H groups in total. The average Bonchev–Trinajstić information content (AvgIpc) is 3.10. The Morgan fingerprint density at radius 2 is 1.81 bits per heavy atom. The van der Waals surface area contributed by atoms with Crippen molar-refractivity contribution >= 4 is 20.0 Å². The summed E-state index contributed by atoms with van der Waals surface area (Å²) >= 11 is 0. The van der Waals surface area contributed by atoms with E-state index in [1.54, 1.807) is 0 Å². The van der Waals surface area contributed by atoms with Gasteiger partial charge in [0, 0.05) is 38.3 Å². The van der Waals surface area contributed by atoms with Crippen molar-refractivity contribution in [2.75, 3.05) is 26.2 Å². The largest absolute Gasteiger partial charge is 0.321 e. The molecule has 4 rings (SSSR count). The summed E-state index contributed by atoms with van der Waals surface area (Å²) in [5.74, 6) is 2.09. The number of rotatable bonds is 4. The van der Waals surface area contributed by atoms with Gasteiger partial charge < -0.3 is 9.88 Å². The topological polar surface area (TPSA) is 27.6 Å². The number of benzene rings is 1. The van der Waals surface area contributed by atoms with Crippen LogP contribution in [0.25, 0.3) is 5.57 Å². The molecular formula is C23H35N3Si. The Hall–Kier alpha value is -1.23. The van der Waals surface area contributed by atoms with Gasteiger partial charge in [-0.15, -0.1) is 0 Å². The molecule has 4 unspecified atom stereocenters. The molecule has 0 spiro atoms. The molecule has 1 aromatic rings. The van der Waals surface area contributed by atoms with Crippen LogP contribution >= 0.6 is 0 Å². The molecule has 4 atom stereocenters. The van der Waals surface area contributed by atoms with Crippen LogP contribution in [-0.2, 0) is 0 Å². The van der Waals surface area contributed by atoms with Gasteiger partial charge in [-0.3, -0.25) is 4.99 Å². The zero-order valence-corrected chi connectivity index (χ0v) is 18.4. The maximum absolute atomic E-state index is 5.13. The van der Waals surface area contributed by atoms with E-state index in [-0.39, 0.29) is 0 Å². The molecule has 0 bridgehead atoms. The minimum atomic E-state index is -1.58. The summed E-state index contributed by atoms with van der Waals surface area (Å²) in [6, 6.07) is 11.5. The Morgan fingerprint density at radius 1 is 1.11 bits per heavy atom. The number of dihydropyridines is 1. The van der Waals surface area contributed by atoms with Crippen molar-refractivity contribution in [2.45, 2.75) is 44.9 Å². The zero-order valence-electron chi connectivity index (χ0n) is 17.4. The van der Waals surface area contributed by atoms with Crippen LogP contribution in [0.5, 0.6) is 0 Å². The standard InChI is InChI=1S/C23H35N3Si/c1-17(2)20-16-21-19(18-8-6-5-7-9-18)10-11-25-22(21)23(20)27(3,4)26-14-12-24-13-15-26/h5-11,17,20-24H,12-16H2,1-4H3. The van der Waals surface area contributed by atoms with E-state index >= 15 is 0 Å². The van der Waals surface area contributed by atoms with Crippen molar-refractivity contribution in [1.82, 2.24) is 9.88 Å². The summed E-state index contributed by atoms with van der Waals surface area (Å²) < 4.78 is 2.86. The van der Waals surface area contributed by atoms with Gasteiger partial charge in [-0.25, -0.2) is 0 Å². The second-order valence-electron chi connectivity index (χ2n) is 9.44. The first-order valence-electron chi connectivity index (χ1n) is 10.7. The molecular weight excluding hydrogens is 346 g/mol. The van der Waals surface area contributed by atoms with Crippen molar-refractivity contribution < 1.29 is 0 Å². The Labute approximate surface area is 166 Å². The normalized spacial score (nSPS) is 31.8. The number of allylic oxidation sites excluding steroid dienone is 1. The number of piperazine rings is 1. The molecule has 27 heavy (non-hydrogen) atoms. The van der Waals surface area contributed by atoms with Gasteiger partial charge in [0.05, 0.1) is 6.04 Å². The first kappa shape index (κ1) is 19.1. The highest BCUT2D eigenvalue weighted by atomic mass is 28.3. The van der Waals surface area contributed by atoms with Crippen molar-refractivity contribution in [1.29, 1.82) is 0 Å². The third-order valence-corrected chi connectivity index (χ3v) is 11.9. The van der Waals surface area contributed by atoms with Gasteiger partial charge in [-0.1, -0.05) is 57.3 Å². The Morgan fingerprint density at radius 3 is 2.48 bits per heavy atom. The van der Waals surface area contributed by atoms with E-state index in [0.29, 0.717) is 12.0 Å². The molecule has 2 aliphatic heterocycles. The Bertz CT molecular complexity index is 704. The van der Waals surface area contributed by atoms with Crippen molar-refractivity contribution in [3.8, 4) is 0 Å². The zero-order chi connectivity index (χ0) is 19.0. The van der Waals surface area contributed by atoms with Gasteiger partial charge in [0.15, 0.2) is 0 Å². The van der Waals surface area contributed by atoms with E-state index in [9.17, 15) is 0 Å². The van der Waals surface area contributed by atoms with E-state index in [1.165, 1.54) is 30.6 Å². The minimum Gasteiger partial charge on any atom is -0.321 e. The van der Waals surface area contributed by atoms with E-state index in [2.05, 4.69) is 79.4 Å². The van der Waals surface area contributed by atoms with Gasteiger partial charge in [0.25, 0.3) is 0 Å². The highest BCUT2D eigenvalue weighted by molar-refractivity contribution is 6.76. The number of nitrogens with zero attached hydrogens (tertiary/aromatic N) is 2. The fraction of sp³-hybridized carbons (Fsp3) is 0.609. The fourth-order valence-corrected chi connectivity index (χ4v) is 10.5. The monoisotopic (exact) mass is 381 g/mol. The number of hydrogen-bond donors (Lipinski definition) is 1. The molecule has 1 aliphatic carbocycles. The van der Waals surface area contributed by atoms with Crippen LogP contribution in [0.15, 0.2) is 41.4 Å². The number of fused-ring (bicyclic) bond motifs is 1. The third-order valence-electron chi connectivity index (χ3n) is 7.39. The molecule has 3 nitrogen and oxygen atoms in total. The number of hydrogen-bond acceptors (Lipinski definition) is 3. The molecule has 146 valence electrons. The maximum Gasteiger partial charge on any atom is 0.127 e. The molecule has 0 radical (unpaired) electrons. The van der Waals surface area contributed by atoms with Gasteiger partial charge in [0.2, 0.25) is 0 Å². The molecule has 4 heteroatoms. The van der Waals surface area contributed by atoms with E-state index in [1.807, 2.05) is 0 Å². The molecule has 2 heterocycles. The van der Waals surface area contributed by atoms with Crippen LogP contribution < -0.4 is 5.32 Å². The summed E-state index contributed by atoms with van der Waals surface area (Å²) in [5, 5.41) is 3.54. The maximum atomic E-state index is 5.13. The summed E-state index contributed by atoms with van der Waals surface area (Å²) in [6.07, 6.45) is 5.70. The van der Waals surface area contributed by atoms with Crippen LogP contribution in [0.2, 0.25) is 18.6 Å². The first-order valence-corrected chi connectivity index (χ1v) is 13.8. The average molecular weight is 382 g/mol. The lowest BCUT2D eigenvalue weighted by molar-refractivity contribution is 0.322. The second kappa shape index (κ2) is 7.65. The minimum absolute atomic E-state index is 0.467. The molecule has 0 aromatic heterocycles. The summed E-state index contributed by atoms with van der Waals surface area (Å²) in [5.41, 5.74) is 3.65. The molecule has 1 saturated heterocycles. The molecule has 1 saturated carbocycles. The van der Waals surface area contributed by atoms with Crippen LogP contribution in [0.1, 0.15) is 25.8 Å². The highest BCUT2D eigenvalue weighted by Crippen LogP contribution is 2.56. The van der Waals surface area contributed by atoms with Crippen molar-refractivity contribution in [3.05, 3.63) is 42.0 Å². The van der Waals surface area contributed by atoms with E-state index in [4.69, 9.17) is 4.99 Å². The van der Waals surface area contributed by atoms with Crippen molar-refractivity contribution in [3.63, 3.8) is 0 Å². The van der Waals surface area contributed by atoms with Gasteiger partial charge in [-0.05, 0) is 41.0 Å². The van der Waals surface area contributed by atoms with Gasteiger partial charge in [-0.2, -0.15) is 0 Å². The molecule has 1 aromatic carbocycles. The van der Waals surface area contributed by atoms with Crippen LogP contribution in [0, 0.1) is 17.8 Å². The Kier molecular flexibility index (Phi) is 5.41. The molecule has 3 aliphatic rings.